The third-order valence-corrected chi connectivity index (χ3v) is 3.34. The lowest BCUT2D eigenvalue weighted by molar-refractivity contribution is -0.138. The molecule has 0 bridgehead atoms. The number of carbonyl (C=O) groups is 1. The third kappa shape index (κ3) is 3.25. The van der Waals surface area contributed by atoms with Crippen molar-refractivity contribution in [3.05, 3.63) is 35.9 Å². The molecule has 0 aliphatic carbocycles. The van der Waals surface area contributed by atoms with Gasteiger partial charge in [-0.2, -0.15) is 11.8 Å². The first-order valence-electron chi connectivity index (χ1n) is 4.81. The summed E-state index contributed by atoms with van der Waals surface area (Å²) < 4.78 is 0. The Morgan fingerprint density at radius 1 is 1.47 bits per heavy atom. The zero-order valence-corrected chi connectivity index (χ0v) is 9.41. The van der Waals surface area contributed by atoms with Crippen LogP contribution in [-0.2, 0) is 4.79 Å². The maximum atomic E-state index is 10.9. The maximum Gasteiger partial charge on any atom is 0.321 e. The van der Waals surface area contributed by atoms with E-state index in [2.05, 4.69) is 0 Å². The lowest BCUT2D eigenvalue weighted by Gasteiger charge is -2.19. The van der Waals surface area contributed by atoms with Crippen LogP contribution in [0.5, 0.6) is 0 Å². The summed E-state index contributed by atoms with van der Waals surface area (Å²) >= 11 is 1.56. The molecule has 0 heterocycles. The van der Waals surface area contributed by atoms with Crippen LogP contribution in [0, 0.1) is 0 Å². The average molecular weight is 225 g/mol. The van der Waals surface area contributed by atoms with Crippen molar-refractivity contribution in [1.29, 1.82) is 0 Å². The SMILES string of the molecule is CCS[C@H](c1ccccc1)[C@@H](N)C(=O)O. The van der Waals surface area contributed by atoms with Gasteiger partial charge in [-0.1, -0.05) is 37.3 Å². The van der Waals surface area contributed by atoms with Crippen LogP contribution in [0.3, 0.4) is 0 Å². The number of hydrogen-bond acceptors (Lipinski definition) is 3. The molecule has 82 valence electrons. The van der Waals surface area contributed by atoms with Crippen molar-refractivity contribution in [2.45, 2.75) is 18.2 Å². The monoisotopic (exact) mass is 225 g/mol. The highest BCUT2D eigenvalue weighted by Gasteiger charge is 2.25. The zero-order valence-electron chi connectivity index (χ0n) is 8.59. The molecule has 0 aliphatic rings. The van der Waals surface area contributed by atoms with E-state index in [0.29, 0.717) is 0 Å². The minimum atomic E-state index is -0.954. The molecule has 2 atom stereocenters. The average Bonchev–Trinajstić information content (AvgIpc) is 2.26. The molecule has 0 aromatic heterocycles. The first kappa shape index (κ1) is 12.1. The summed E-state index contributed by atoms with van der Waals surface area (Å²) in [6.45, 7) is 2.00. The van der Waals surface area contributed by atoms with E-state index in [4.69, 9.17) is 10.8 Å². The van der Waals surface area contributed by atoms with Gasteiger partial charge in [0.2, 0.25) is 0 Å². The maximum absolute atomic E-state index is 10.9. The highest BCUT2D eigenvalue weighted by molar-refractivity contribution is 7.99. The Morgan fingerprint density at radius 3 is 2.53 bits per heavy atom. The van der Waals surface area contributed by atoms with Gasteiger partial charge in [0.25, 0.3) is 0 Å². The Balaban J connectivity index is 2.87. The highest BCUT2D eigenvalue weighted by atomic mass is 32.2. The number of carboxylic acid groups (broad SMARTS) is 1. The van der Waals surface area contributed by atoms with E-state index in [1.54, 1.807) is 11.8 Å². The fourth-order valence-corrected chi connectivity index (χ4v) is 2.39. The van der Waals surface area contributed by atoms with Crippen LogP contribution in [0.25, 0.3) is 0 Å². The number of rotatable bonds is 5. The predicted octanol–water partition coefficient (Wildman–Crippen LogP) is 1.89. The van der Waals surface area contributed by atoms with Crippen LogP contribution in [0.1, 0.15) is 17.7 Å². The molecule has 1 aromatic rings. The lowest BCUT2D eigenvalue weighted by atomic mass is 10.1. The van der Waals surface area contributed by atoms with Gasteiger partial charge in [-0.3, -0.25) is 4.79 Å². The molecule has 0 radical (unpaired) electrons. The topological polar surface area (TPSA) is 63.3 Å². The normalized spacial score (nSPS) is 14.5. The molecule has 3 nitrogen and oxygen atoms in total. The first-order chi connectivity index (χ1) is 7.16. The smallest absolute Gasteiger partial charge is 0.321 e. The Kier molecular flexibility index (Phi) is 4.65. The second kappa shape index (κ2) is 5.78. The molecule has 0 saturated heterocycles. The molecule has 1 aromatic carbocycles. The van der Waals surface area contributed by atoms with Crippen molar-refractivity contribution in [3.8, 4) is 0 Å². The second-order valence-electron chi connectivity index (χ2n) is 3.15. The fourth-order valence-electron chi connectivity index (χ4n) is 1.36. The molecule has 0 unspecified atom stereocenters. The van der Waals surface area contributed by atoms with Crippen molar-refractivity contribution in [3.63, 3.8) is 0 Å². The minimum Gasteiger partial charge on any atom is -0.480 e. The van der Waals surface area contributed by atoms with Gasteiger partial charge < -0.3 is 10.8 Å². The Labute approximate surface area is 93.7 Å². The van der Waals surface area contributed by atoms with Gasteiger partial charge >= 0.3 is 5.97 Å². The van der Waals surface area contributed by atoms with E-state index in [0.717, 1.165) is 11.3 Å². The zero-order chi connectivity index (χ0) is 11.3. The molecule has 1 rings (SSSR count). The molecular weight excluding hydrogens is 210 g/mol. The summed E-state index contributed by atoms with van der Waals surface area (Å²) in [4.78, 5) is 10.9. The molecule has 0 amide bonds. The summed E-state index contributed by atoms with van der Waals surface area (Å²) in [5, 5.41) is 8.73. The number of thioether (sulfide) groups is 1. The van der Waals surface area contributed by atoms with E-state index in [1.807, 2.05) is 37.3 Å². The number of benzene rings is 1. The molecule has 0 saturated carbocycles. The summed E-state index contributed by atoms with van der Waals surface area (Å²) in [5.74, 6) is -0.106. The third-order valence-electron chi connectivity index (χ3n) is 2.09. The van der Waals surface area contributed by atoms with Crippen molar-refractivity contribution in [2.75, 3.05) is 5.75 Å². The molecule has 4 heteroatoms. The van der Waals surface area contributed by atoms with Crippen LogP contribution in [0.2, 0.25) is 0 Å². The van der Waals surface area contributed by atoms with E-state index in [9.17, 15) is 4.79 Å². The number of hydrogen-bond donors (Lipinski definition) is 2. The van der Waals surface area contributed by atoms with Crippen LogP contribution in [0.4, 0.5) is 0 Å². The lowest BCUT2D eigenvalue weighted by Crippen LogP contribution is -2.35. The highest BCUT2D eigenvalue weighted by Crippen LogP contribution is 2.30. The van der Waals surface area contributed by atoms with Gasteiger partial charge in [0.05, 0.1) is 5.25 Å². The minimum absolute atomic E-state index is 0.173. The van der Waals surface area contributed by atoms with Gasteiger partial charge in [-0.25, -0.2) is 0 Å². The van der Waals surface area contributed by atoms with Crippen molar-refractivity contribution in [2.24, 2.45) is 5.73 Å². The Bertz CT molecular complexity index is 316. The van der Waals surface area contributed by atoms with E-state index in [1.165, 1.54) is 0 Å². The molecule has 0 spiro atoms. The fraction of sp³-hybridized carbons (Fsp3) is 0.364. The van der Waals surface area contributed by atoms with Crippen LogP contribution < -0.4 is 5.73 Å². The molecule has 0 fully saturated rings. The molecular formula is C11H15NO2S. The van der Waals surface area contributed by atoms with Gasteiger partial charge in [0, 0.05) is 0 Å². The van der Waals surface area contributed by atoms with E-state index < -0.39 is 12.0 Å². The van der Waals surface area contributed by atoms with Gasteiger partial charge in [0.15, 0.2) is 0 Å². The largest absolute Gasteiger partial charge is 0.480 e. The number of nitrogens with two attached hydrogens (primary N) is 1. The summed E-state index contributed by atoms with van der Waals surface area (Å²) in [6, 6.07) is 8.67. The second-order valence-corrected chi connectivity index (χ2v) is 4.57. The summed E-state index contributed by atoms with van der Waals surface area (Å²) in [6.07, 6.45) is 0. The quantitative estimate of drug-likeness (QED) is 0.803. The Morgan fingerprint density at radius 2 is 2.07 bits per heavy atom. The first-order valence-corrected chi connectivity index (χ1v) is 5.86. The van der Waals surface area contributed by atoms with Gasteiger partial charge in [-0.05, 0) is 11.3 Å². The van der Waals surface area contributed by atoms with Crippen LogP contribution >= 0.6 is 11.8 Å². The molecule has 0 aliphatic heterocycles. The van der Waals surface area contributed by atoms with Gasteiger partial charge in [0.1, 0.15) is 6.04 Å². The van der Waals surface area contributed by atoms with Gasteiger partial charge in [-0.15, -0.1) is 0 Å². The Hall–Kier alpha value is -1.00. The summed E-state index contributed by atoms with van der Waals surface area (Å²) in [5.41, 5.74) is 6.63. The van der Waals surface area contributed by atoms with Crippen molar-refractivity contribution in [1.82, 2.24) is 0 Å². The van der Waals surface area contributed by atoms with E-state index in [-0.39, 0.29) is 5.25 Å². The van der Waals surface area contributed by atoms with Crippen molar-refractivity contribution >= 4 is 17.7 Å². The predicted molar refractivity (Wildman–Crippen MR) is 62.9 cm³/mol. The van der Waals surface area contributed by atoms with Crippen molar-refractivity contribution < 1.29 is 9.90 Å². The number of carboxylic acids is 1. The van der Waals surface area contributed by atoms with Crippen LogP contribution in [-0.4, -0.2) is 22.9 Å². The summed E-state index contributed by atoms with van der Waals surface area (Å²) in [7, 11) is 0. The number of aliphatic carboxylic acids is 1. The molecule has 3 N–H and O–H groups in total. The van der Waals surface area contributed by atoms with E-state index >= 15 is 0 Å². The molecule has 15 heavy (non-hydrogen) atoms. The van der Waals surface area contributed by atoms with Crippen LogP contribution in [0.15, 0.2) is 30.3 Å². The standard InChI is InChI=1S/C11H15NO2S/c1-2-15-10(9(12)11(13)14)8-6-4-3-5-7-8/h3-7,9-10H,2,12H2,1H3,(H,13,14)/t9-,10-/m1/s1.